The molecule has 0 spiro atoms. The third-order valence-electron chi connectivity index (χ3n) is 2.73. The average Bonchev–Trinajstić information content (AvgIpc) is 2.82. The Labute approximate surface area is 123 Å². The maximum Gasteiger partial charge on any atom is 0.418 e. The summed E-state index contributed by atoms with van der Waals surface area (Å²) >= 11 is 3.06. The number of nitrogens with zero attached hydrogens (tertiary/aromatic N) is 2. The van der Waals surface area contributed by atoms with E-state index in [2.05, 4.69) is 26.2 Å². The highest BCUT2D eigenvalue weighted by molar-refractivity contribution is 9.10. The number of benzene rings is 1. The second-order valence-electron chi connectivity index (χ2n) is 4.49. The standard InChI is InChI=1S/C13H13BrF3N3/c1-9(7-20-5-4-18-8-20)19-12-3-2-10(14)6-11(12)13(15,16)17/h2-6,8-9,19H,7H2,1H3. The summed E-state index contributed by atoms with van der Waals surface area (Å²) in [6.07, 6.45) is 0.642. The molecule has 1 N–H and O–H groups in total. The highest BCUT2D eigenvalue weighted by atomic mass is 79.9. The molecule has 1 aromatic carbocycles. The van der Waals surface area contributed by atoms with Crippen LogP contribution in [0.4, 0.5) is 18.9 Å². The van der Waals surface area contributed by atoms with Crippen LogP contribution in [0.5, 0.6) is 0 Å². The molecule has 0 radical (unpaired) electrons. The SMILES string of the molecule is CC(Cn1ccnc1)Nc1ccc(Br)cc1C(F)(F)F. The normalized spacial score (nSPS) is 13.2. The summed E-state index contributed by atoms with van der Waals surface area (Å²) in [6, 6.07) is 3.93. The Hall–Kier alpha value is -1.50. The molecule has 20 heavy (non-hydrogen) atoms. The Balaban J connectivity index is 2.16. The second kappa shape index (κ2) is 5.87. The minimum absolute atomic E-state index is 0.0771. The molecule has 1 atom stereocenters. The van der Waals surface area contributed by atoms with Crippen molar-refractivity contribution in [3.63, 3.8) is 0 Å². The zero-order valence-corrected chi connectivity index (χ0v) is 12.2. The number of halogens is 4. The van der Waals surface area contributed by atoms with Crippen molar-refractivity contribution in [3.05, 3.63) is 47.0 Å². The van der Waals surface area contributed by atoms with Gasteiger partial charge < -0.3 is 9.88 Å². The summed E-state index contributed by atoms with van der Waals surface area (Å²) in [5, 5.41) is 2.89. The first-order valence-electron chi connectivity index (χ1n) is 5.95. The lowest BCUT2D eigenvalue weighted by Crippen LogP contribution is -2.23. The van der Waals surface area contributed by atoms with Crippen molar-refractivity contribution >= 4 is 21.6 Å². The van der Waals surface area contributed by atoms with Crippen molar-refractivity contribution < 1.29 is 13.2 Å². The maximum atomic E-state index is 13.0. The largest absolute Gasteiger partial charge is 0.418 e. The van der Waals surface area contributed by atoms with Gasteiger partial charge in [0, 0.05) is 35.1 Å². The van der Waals surface area contributed by atoms with Crippen LogP contribution in [-0.2, 0) is 12.7 Å². The van der Waals surface area contributed by atoms with Crippen LogP contribution in [0, 0.1) is 0 Å². The van der Waals surface area contributed by atoms with E-state index in [4.69, 9.17) is 0 Å². The number of anilines is 1. The zero-order valence-electron chi connectivity index (χ0n) is 10.7. The minimum Gasteiger partial charge on any atom is -0.380 e. The highest BCUT2D eigenvalue weighted by Crippen LogP contribution is 2.36. The lowest BCUT2D eigenvalue weighted by atomic mass is 10.1. The van der Waals surface area contributed by atoms with Crippen molar-refractivity contribution in [1.82, 2.24) is 9.55 Å². The first-order valence-corrected chi connectivity index (χ1v) is 6.74. The Bertz CT molecular complexity index is 567. The van der Waals surface area contributed by atoms with E-state index in [9.17, 15) is 13.2 Å². The average molecular weight is 348 g/mol. The minimum atomic E-state index is -4.39. The van der Waals surface area contributed by atoms with Gasteiger partial charge in [0.1, 0.15) is 0 Å². The smallest absolute Gasteiger partial charge is 0.380 e. The number of imidazole rings is 1. The summed E-state index contributed by atoms with van der Waals surface area (Å²) in [6.45, 7) is 2.36. The fraction of sp³-hybridized carbons (Fsp3) is 0.308. The van der Waals surface area contributed by atoms with Crippen LogP contribution in [-0.4, -0.2) is 15.6 Å². The molecule has 0 aliphatic rings. The van der Waals surface area contributed by atoms with E-state index in [0.717, 1.165) is 6.07 Å². The molecule has 2 rings (SSSR count). The van der Waals surface area contributed by atoms with E-state index < -0.39 is 11.7 Å². The number of hydrogen-bond acceptors (Lipinski definition) is 2. The maximum absolute atomic E-state index is 13.0. The Morgan fingerprint density at radius 1 is 1.40 bits per heavy atom. The van der Waals surface area contributed by atoms with Crippen LogP contribution < -0.4 is 5.32 Å². The van der Waals surface area contributed by atoms with E-state index >= 15 is 0 Å². The molecular weight excluding hydrogens is 335 g/mol. The van der Waals surface area contributed by atoms with Gasteiger partial charge >= 0.3 is 6.18 Å². The second-order valence-corrected chi connectivity index (χ2v) is 5.41. The molecule has 1 heterocycles. The van der Waals surface area contributed by atoms with Gasteiger partial charge in [0.05, 0.1) is 11.9 Å². The first kappa shape index (κ1) is 14.9. The van der Waals surface area contributed by atoms with E-state index in [1.165, 1.54) is 6.07 Å². The van der Waals surface area contributed by atoms with Gasteiger partial charge in [-0.1, -0.05) is 15.9 Å². The van der Waals surface area contributed by atoms with Crippen LogP contribution in [0.1, 0.15) is 12.5 Å². The molecule has 1 aromatic heterocycles. The lowest BCUT2D eigenvalue weighted by Gasteiger charge is -2.20. The van der Waals surface area contributed by atoms with Crippen LogP contribution in [0.3, 0.4) is 0 Å². The molecule has 7 heteroatoms. The molecule has 2 aromatic rings. The number of hydrogen-bond donors (Lipinski definition) is 1. The van der Waals surface area contributed by atoms with Gasteiger partial charge in [-0.3, -0.25) is 0 Å². The molecule has 1 unspecified atom stereocenters. The molecule has 0 aliphatic heterocycles. The Kier molecular flexibility index (Phi) is 4.37. The fourth-order valence-electron chi connectivity index (χ4n) is 1.90. The predicted molar refractivity (Wildman–Crippen MR) is 74.5 cm³/mol. The van der Waals surface area contributed by atoms with Gasteiger partial charge in [0.2, 0.25) is 0 Å². The van der Waals surface area contributed by atoms with Crippen molar-refractivity contribution in [2.45, 2.75) is 25.7 Å². The van der Waals surface area contributed by atoms with Gasteiger partial charge in [-0.2, -0.15) is 13.2 Å². The van der Waals surface area contributed by atoms with Crippen LogP contribution in [0.25, 0.3) is 0 Å². The van der Waals surface area contributed by atoms with Gasteiger partial charge in [-0.05, 0) is 25.1 Å². The van der Waals surface area contributed by atoms with Crippen molar-refractivity contribution in [1.29, 1.82) is 0 Å². The zero-order chi connectivity index (χ0) is 14.8. The summed E-state index contributed by atoms with van der Waals surface area (Å²) in [7, 11) is 0. The molecule has 0 amide bonds. The van der Waals surface area contributed by atoms with Gasteiger partial charge in [-0.15, -0.1) is 0 Å². The third-order valence-corrected chi connectivity index (χ3v) is 3.23. The molecular formula is C13H13BrF3N3. The van der Waals surface area contributed by atoms with Crippen molar-refractivity contribution in [2.75, 3.05) is 5.32 Å². The molecule has 3 nitrogen and oxygen atoms in total. The Morgan fingerprint density at radius 3 is 2.75 bits per heavy atom. The monoisotopic (exact) mass is 347 g/mol. The number of aromatic nitrogens is 2. The van der Waals surface area contributed by atoms with E-state index in [1.54, 1.807) is 24.8 Å². The predicted octanol–water partition coefficient (Wildman–Crippen LogP) is 4.17. The topological polar surface area (TPSA) is 29.9 Å². The summed E-state index contributed by atoms with van der Waals surface area (Å²) in [4.78, 5) is 3.90. The van der Waals surface area contributed by atoms with Crippen LogP contribution in [0.15, 0.2) is 41.4 Å². The quantitative estimate of drug-likeness (QED) is 0.899. The first-order chi connectivity index (χ1) is 9.36. The van der Waals surface area contributed by atoms with Gasteiger partial charge in [0.25, 0.3) is 0 Å². The third kappa shape index (κ3) is 3.75. The molecule has 0 saturated carbocycles. The van der Waals surface area contributed by atoms with Gasteiger partial charge in [-0.25, -0.2) is 4.98 Å². The molecule has 0 aliphatic carbocycles. The highest BCUT2D eigenvalue weighted by Gasteiger charge is 2.34. The fourth-order valence-corrected chi connectivity index (χ4v) is 2.26. The van der Waals surface area contributed by atoms with Gasteiger partial charge in [0.15, 0.2) is 0 Å². The van der Waals surface area contributed by atoms with E-state index in [1.807, 2.05) is 11.5 Å². The Morgan fingerprint density at radius 2 is 2.15 bits per heavy atom. The molecule has 0 saturated heterocycles. The van der Waals surface area contributed by atoms with E-state index in [-0.39, 0.29) is 11.7 Å². The number of nitrogens with one attached hydrogen (secondary N) is 1. The van der Waals surface area contributed by atoms with Crippen molar-refractivity contribution in [3.8, 4) is 0 Å². The van der Waals surface area contributed by atoms with Crippen LogP contribution >= 0.6 is 15.9 Å². The summed E-state index contributed by atoms with van der Waals surface area (Å²) in [5.74, 6) is 0. The molecule has 0 fully saturated rings. The van der Waals surface area contributed by atoms with E-state index in [0.29, 0.717) is 11.0 Å². The number of rotatable bonds is 4. The molecule has 0 bridgehead atoms. The summed E-state index contributed by atoms with van der Waals surface area (Å²) < 4.78 is 41.2. The van der Waals surface area contributed by atoms with Crippen LogP contribution in [0.2, 0.25) is 0 Å². The lowest BCUT2D eigenvalue weighted by molar-refractivity contribution is -0.137. The van der Waals surface area contributed by atoms with Crippen molar-refractivity contribution in [2.24, 2.45) is 0 Å². The summed E-state index contributed by atoms with van der Waals surface area (Å²) in [5.41, 5.74) is -0.599. The number of alkyl halides is 3. The molecule has 108 valence electrons.